The van der Waals surface area contributed by atoms with Gasteiger partial charge in [0, 0.05) is 31.1 Å². The van der Waals surface area contributed by atoms with Crippen molar-refractivity contribution >= 4 is 21.6 Å². The van der Waals surface area contributed by atoms with Crippen LogP contribution in [0.2, 0.25) is 0 Å². The minimum atomic E-state index is -3.75. The maximum Gasteiger partial charge on any atom is 0.240 e. The van der Waals surface area contributed by atoms with E-state index in [0.29, 0.717) is 30.4 Å². The van der Waals surface area contributed by atoms with Crippen molar-refractivity contribution in [1.82, 2.24) is 4.72 Å². The molecule has 1 aliphatic rings. The summed E-state index contributed by atoms with van der Waals surface area (Å²) in [4.78, 5) is 12.1. The molecule has 0 spiro atoms. The molecule has 28 heavy (non-hydrogen) atoms. The Morgan fingerprint density at radius 2 is 1.75 bits per heavy atom. The number of hydrogen-bond donors (Lipinski definition) is 2. The van der Waals surface area contributed by atoms with Crippen LogP contribution in [0.25, 0.3) is 0 Å². The van der Waals surface area contributed by atoms with Gasteiger partial charge >= 0.3 is 0 Å². The minimum Gasteiger partial charge on any atom is -0.490 e. The van der Waals surface area contributed by atoms with Crippen LogP contribution >= 0.6 is 0 Å². The Kier molecular flexibility index (Phi) is 6.53. The highest BCUT2D eigenvalue weighted by Crippen LogP contribution is 2.31. The monoisotopic (exact) mass is 404 g/mol. The van der Waals surface area contributed by atoms with E-state index in [0.717, 1.165) is 12.8 Å². The fourth-order valence-electron chi connectivity index (χ4n) is 2.74. The average molecular weight is 404 g/mol. The molecule has 0 aliphatic carbocycles. The van der Waals surface area contributed by atoms with Crippen LogP contribution in [0, 0.1) is 0 Å². The lowest BCUT2D eigenvalue weighted by Crippen LogP contribution is -2.27. The lowest BCUT2D eigenvalue weighted by molar-refractivity contribution is -0.116. The topological polar surface area (TPSA) is 93.7 Å². The van der Waals surface area contributed by atoms with Gasteiger partial charge in [0.2, 0.25) is 15.9 Å². The van der Waals surface area contributed by atoms with Crippen molar-refractivity contribution in [2.75, 3.05) is 25.1 Å². The number of anilines is 1. The summed E-state index contributed by atoms with van der Waals surface area (Å²) in [6.45, 7) is 3.07. The summed E-state index contributed by atoms with van der Waals surface area (Å²) >= 11 is 0. The van der Waals surface area contributed by atoms with Gasteiger partial charge in [-0.15, -0.1) is 0 Å². The van der Waals surface area contributed by atoms with Gasteiger partial charge in [0.1, 0.15) is 0 Å². The number of benzene rings is 2. The van der Waals surface area contributed by atoms with Crippen LogP contribution in [-0.2, 0) is 21.2 Å². The maximum absolute atomic E-state index is 12.5. The van der Waals surface area contributed by atoms with Crippen LogP contribution in [0.15, 0.2) is 47.4 Å². The van der Waals surface area contributed by atoms with Crippen LogP contribution in [0.4, 0.5) is 5.69 Å². The Labute approximate surface area is 165 Å². The maximum atomic E-state index is 12.5. The van der Waals surface area contributed by atoms with E-state index >= 15 is 0 Å². The fraction of sp³-hybridized carbons (Fsp3) is 0.350. The lowest BCUT2D eigenvalue weighted by Gasteiger charge is -2.11. The molecule has 0 atom stereocenters. The van der Waals surface area contributed by atoms with E-state index in [4.69, 9.17) is 9.47 Å². The molecule has 2 N–H and O–H groups in total. The smallest absolute Gasteiger partial charge is 0.240 e. The van der Waals surface area contributed by atoms with E-state index in [9.17, 15) is 13.2 Å². The summed E-state index contributed by atoms with van der Waals surface area (Å²) in [6.07, 6.45) is 1.69. The minimum absolute atomic E-state index is 0.00431. The second-order valence-corrected chi connectivity index (χ2v) is 8.17. The van der Waals surface area contributed by atoms with Crippen molar-refractivity contribution in [3.05, 3.63) is 48.0 Å². The zero-order valence-corrected chi connectivity index (χ0v) is 16.6. The van der Waals surface area contributed by atoms with Crippen molar-refractivity contribution in [3.8, 4) is 11.5 Å². The van der Waals surface area contributed by atoms with Crippen LogP contribution in [0.3, 0.4) is 0 Å². The van der Waals surface area contributed by atoms with Gasteiger partial charge in [-0.2, -0.15) is 0 Å². The Hall–Kier alpha value is -2.58. The SMILES string of the molecule is CCc1ccc(NC(=O)CCNS(=O)(=O)c2ccc3c(c2)OCCCO3)cc1. The zero-order valence-electron chi connectivity index (χ0n) is 15.7. The zero-order chi connectivity index (χ0) is 20.0. The summed E-state index contributed by atoms with van der Waals surface area (Å²) < 4.78 is 38.4. The number of sulfonamides is 1. The molecule has 1 amide bonds. The van der Waals surface area contributed by atoms with Crippen molar-refractivity contribution < 1.29 is 22.7 Å². The van der Waals surface area contributed by atoms with Crippen molar-refractivity contribution in [2.45, 2.75) is 31.1 Å². The highest BCUT2D eigenvalue weighted by Gasteiger charge is 2.19. The molecule has 7 nitrogen and oxygen atoms in total. The van der Waals surface area contributed by atoms with E-state index in [1.54, 1.807) is 6.07 Å². The van der Waals surface area contributed by atoms with Crippen LogP contribution < -0.4 is 19.5 Å². The van der Waals surface area contributed by atoms with E-state index in [1.807, 2.05) is 24.3 Å². The third-order valence-electron chi connectivity index (χ3n) is 4.32. The van der Waals surface area contributed by atoms with E-state index in [-0.39, 0.29) is 23.8 Å². The normalized spacial score (nSPS) is 13.6. The number of ether oxygens (including phenoxy) is 2. The first kappa shape index (κ1) is 20.2. The van der Waals surface area contributed by atoms with Crippen molar-refractivity contribution in [1.29, 1.82) is 0 Å². The molecule has 0 saturated heterocycles. The fourth-order valence-corrected chi connectivity index (χ4v) is 3.79. The van der Waals surface area contributed by atoms with Crippen molar-refractivity contribution in [2.24, 2.45) is 0 Å². The quantitative estimate of drug-likeness (QED) is 0.740. The molecule has 3 rings (SSSR count). The summed E-state index contributed by atoms with van der Waals surface area (Å²) in [7, 11) is -3.75. The Morgan fingerprint density at radius 3 is 2.46 bits per heavy atom. The molecule has 2 aromatic rings. The highest BCUT2D eigenvalue weighted by molar-refractivity contribution is 7.89. The number of nitrogens with one attached hydrogen (secondary N) is 2. The second-order valence-electron chi connectivity index (χ2n) is 6.41. The molecule has 1 heterocycles. The van der Waals surface area contributed by atoms with Gasteiger partial charge < -0.3 is 14.8 Å². The molecule has 1 aliphatic heterocycles. The molecular formula is C20H24N2O5S. The number of carbonyl (C=O) groups is 1. The first-order valence-electron chi connectivity index (χ1n) is 9.26. The van der Waals surface area contributed by atoms with E-state index < -0.39 is 10.0 Å². The number of rotatable bonds is 7. The standard InChI is InChI=1S/C20H24N2O5S/c1-2-15-4-6-16(7-5-15)22-20(23)10-11-21-28(24,25)17-8-9-18-19(14-17)27-13-3-12-26-18/h4-9,14,21H,2-3,10-13H2,1H3,(H,22,23). The third-order valence-corrected chi connectivity index (χ3v) is 5.78. The Balaban J connectivity index is 1.54. The summed E-state index contributed by atoms with van der Waals surface area (Å²) in [6, 6.07) is 12.0. The molecule has 8 heteroatoms. The molecule has 0 aromatic heterocycles. The molecule has 0 saturated carbocycles. The average Bonchev–Trinajstić information content (AvgIpc) is 2.93. The van der Waals surface area contributed by atoms with Gasteiger partial charge in [-0.05, 0) is 36.2 Å². The van der Waals surface area contributed by atoms with Crippen LogP contribution in [-0.4, -0.2) is 34.1 Å². The predicted molar refractivity (Wildman–Crippen MR) is 106 cm³/mol. The van der Waals surface area contributed by atoms with Crippen molar-refractivity contribution in [3.63, 3.8) is 0 Å². The number of hydrogen-bond acceptors (Lipinski definition) is 5. The van der Waals surface area contributed by atoms with Gasteiger partial charge in [0.15, 0.2) is 11.5 Å². The van der Waals surface area contributed by atoms with Gasteiger partial charge in [-0.1, -0.05) is 19.1 Å². The Morgan fingerprint density at radius 1 is 1.04 bits per heavy atom. The van der Waals surface area contributed by atoms with Crippen LogP contribution in [0.1, 0.15) is 25.3 Å². The molecule has 0 bridgehead atoms. The number of carbonyl (C=O) groups excluding carboxylic acids is 1. The van der Waals surface area contributed by atoms with Crippen LogP contribution in [0.5, 0.6) is 11.5 Å². The third kappa shape index (κ3) is 5.24. The van der Waals surface area contributed by atoms with Gasteiger partial charge in [-0.3, -0.25) is 4.79 Å². The molecule has 2 aromatic carbocycles. The molecular weight excluding hydrogens is 380 g/mol. The molecule has 0 unspecified atom stereocenters. The largest absolute Gasteiger partial charge is 0.490 e. The summed E-state index contributed by atoms with van der Waals surface area (Å²) in [5.74, 6) is 0.684. The van der Waals surface area contributed by atoms with Gasteiger partial charge in [-0.25, -0.2) is 13.1 Å². The van der Waals surface area contributed by atoms with Gasteiger partial charge in [0.05, 0.1) is 18.1 Å². The lowest BCUT2D eigenvalue weighted by atomic mass is 10.1. The number of aryl methyl sites for hydroxylation is 1. The summed E-state index contributed by atoms with van der Waals surface area (Å²) in [5, 5.41) is 2.76. The molecule has 0 fully saturated rings. The van der Waals surface area contributed by atoms with E-state index in [2.05, 4.69) is 17.0 Å². The number of amides is 1. The molecule has 150 valence electrons. The second kappa shape index (κ2) is 9.07. The number of fused-ring (bicyclic) bond motifs is 1. The summed E-state index contributed by atoms with van der Waals surface area (Å²) in [5.41, 5.74) is 1.87. The molecule has 0 radical (unpaired) electrons. The first-order chi connectivity index (χ1) is 13.5. The predicted octanol–water partition coefficient (Wildman–Crippen LogP) is 2.72. The van der Waals surface area contributed by atoms with E-state index in [1.165, 1.54) is 17.7 Å². The van der Waals surface area contributed by atoms with Gasteiger partial charge in [0.25, 0.3) is 0 Å². The Bertz CT molecular complexity index is 926. The first-order valence-corrected chi connectivity index (χ1v) is 10.7. The highest BCUT2D eigenvalue weighted by atomic mass is 32.2.